The summed E-state index contributed by atoms with van der Waals surface area (Å²) in [4.78, 5) is 12.8. The van der Waals surface area contributed by atoms with E-state index in [1.165, 1.54) is 12.0 Å². The SMILES string of the molecule is CC[C@@H](C)[C@@H](N)C(=O)N[C@H](CC(C)C)C1(c2ccc(Cl)cc2)CCC1. The number of rotatable bonds is 8. The zero-order chi connectivity index (χ0) is 18.6. The van der Waals surface area contributed by atoms with Crippen molar-refractivity contribution in [3.05, 3.63) is 34.9 Å². The fraction of sp³-hybridized carbons (Fsp3) is 0.667. The number of hydrogen-bond acceptors (Lipinski definition) is 2. The largest absolute Gasteiger partial charge is 0.351 e. The first-order valence-electron chi connectivity index (χ1n) is 9.62. The molecule has 0 radical (unpaired) electrons. The minimum atomic E-state index is -0.443. The predicted octanol–water partition coefficient (Wildman–Crippen LogP) is 4.67. The molecule has 0 aromatic heterocycles. The molecule has 0 saturated heterocycles. The van der Waals surface area contributed by atoms with Crippen molar-refractivity contribution in [1.82, 2.24) is 5.32 Å². The fourth-order valence-electron chi connectivity index (χ4n) is 3.85. The van der Waals surface area contributed by atoms with Crippen LogP contribution in [0, 0.1) is 11.8 Å². The van der Waals surface area contributed by atoms with Gasteiger partial charge in [-0.15, -0.1) is 0 Å². The Kier molecular flexibility index (Phi) is 6.93. The van der Waals surface area contributed by atoms with E-state index < -0.39 is 6.04 Å². The van der Waals surface area contributed by atoms with Crippen molar-refractivity contribution in [3.63, 3.8) is 0 Å². The normalized spacial score (nSPS) is 19.8. The summed E-state index contributed by atoms with van der Waals surface area (Å²) in [6.45, 7) is 8.54. The average molecular weight is 365 g/mol. The lowest BCUT2D eigenvalue weighted by Crippen LogP contribution is -2.58. The van der Waals surface area contributed by atoms with E-state index in [1.54, 1.807) is 0 Å². The molecular formula is C21H33ClN2O. The molecule has 1 aliphatic carbocycles. The highest BCUT2D eigenvalue weighted by molar-refractivity contribution is 6.30. The zero-order valence-corrected chi connectivity index (χ0v) is 16.8. The Balaban J connectivity index is 2.25. The number of halogens is 1. The first kappa shape index (κ1) is 20.3. The summed E-state index contributed by atoms with van der Waals surface area (Å²) in [5, 5.41) is 4.07. The standard InChI is InChI=1S/C21H33ClN2O/c1-5-15(4)19(23)20(25)24-18(13-14(2)3)21(11-6-12-21)16-7-9-17(22)10-8-16/h7-10,14-15,18-19H,5-6,11-13,23H2,1-4H3,(H,24,25)/t15-,18-,19-/m1/s1. The smallest absolute Gasteiger partial charge is 0.237 e. The summed E-state index contributed by atoms with van der Waals surface area (Å²) in [5.41, 5.74) is 7.48. The average Bonchev–Trinajstić information content (AvgIpc) is 2.53. The number of nitrogens with one attached hydrogen (secondary N) is 1. The van der Waals surface area contributed by atoms with Crippen LogP contribution in [-0.4, -0.2) is 18.0 Å². The molecular weight excluding hydrogens is 332 g/mol. The Labute approximate surface area is 157 Å². The van der Waals surface area contributed by atoms with E-state index in [9.17, 15) is 4.79 Å². The van der Waals surface area contributed by atoms with Crippen molar-refractivity contribution in [2.75, 3.05) is 0 Å². The van der Waals surface area contributed by atoms with E-state index in [-0.39, 0.29) is 23.3 Å². The Morgan fingerprint density at radius 2 is 1.84 bits per heavy atom. The zero-order valence-electron chi connectivity index (χ0n) is 16.0. The van der Waals surface area contributed by atoms with E-state index in [0.29, 0.717) is 5.92 Å². The second-order valence-electron chi connectivity index (χ2n) is 8.12. The van der Waals surface area contributed by atoms with Gasteiger partial charge in [-0.1, -0.05) is 64.3 Å². The van der Waals surface area contributed by atoms with E-state index >= 15 is 0 Å². The molecule has 140 valence electrons. The first-order valence-corrected chi connectivity index (χ1v) is 10.00. The monoisotopic (exact) mass is 364 g/mol. The third kappa shape index (κ3) is 4.57. The van der Waals surface area contributed by atoms with Crippen molar-refractivity contribution >= 4 is 17.5 Å². The number of hydrogen-bond donors (Lipinski definition) is 2. The molecule has 0 aliphatic heterocycles. The van der Waals surface area contributed by atoms with Crippen molar-refractivity contribution in [2.45, 2.75) is 77.3 Å². The first-order chi connectivity index (χ1) is 11.8. The van der Waals surface area contributed by atoms with Crippen LogP contribution >= 0.6 is 11.6 Å². The Bertz CT molecular complexity index is 566. The van der Waals surface area contributed by atoms with Crippen LogP contribution in [0.15, 0.2) is 24.3 Å². The van der Waals surface area contributed by atoms with Gasteiger partial charge in [0.25, 0.3) is 0 Å². The van der Waals surface area contributed by atoms with E-state index in [4.69, 9.17) is 17.3 Å². The molecule has 1 aromatic rings. The molecule has 0 bridgehead atoms. The van der Waals surface area contributed by atoms with Crippen molar-refractivity contribution in [1.29, 1.82) is 0 Å². The van der Waals surface area contributed by atoms with Crippen LogP contribution in [0.2, 0.25) is 5.02 Å². The minimum absolute atomic E-state index is 0.0136. The lowest BCUT2D eigenvalue weighted by molar-refractivity contribution is -0.125. The van der Waals surface area contributed by atoms with Gasteiger partial charge in [-0.25, -0.2) is 0 Å². The third-order valence-electron chi connectivity index (χ3n) is 5.92. The lowest BCUT2D eigenvalue weighted by Gasteiger charge is -2.49. The molecule has 0 unspecified atom stereocenters. The maximum atomic E-state index is 12.8. The molecule has 1 aromatic carbocycles. The summed E-state index contributed by atoms with van der Waals surface area (Å²) in [5.74, 6) is 0.683. The quantitative estimate of drug-likeness (QED) is 0.704. The van der Waals surface area contributed by atoms with Gasteiger partial charge >= 0.3 is 0 Å². The molecule has 3 N–H and O–H groups in total. The van der Waals surface area contributed by atoms with Gasteiger partial charge in [0, 0.05) is 16.5 Å². The highest BCUT2D eigenvalue weighted by atomic mass is 35.5. The Hall–Kier alpha value is -1.06. The maximum absolute atomic E-state index is 12.8. The topological polar surface area (TPSA) is 55.1 Å². The van der Waals surface area contributed by atoms with Gasteiger partial charge in [-0.05, 0) is 48.8 Å². The molecule has 3 nitrogen and oxygen atoms in total. The van der Waals surface area contributed by atoms with Crippen molar-refractivity contribution in [3.8, 4) is 0 Å². The highest BCUT2D eigenvalue weighted by Crippen LogP contribution is 2.48. The molecule has 1 aliphatic rings. The second kappa shape index (κ2) is 8.55. The molecule has 0 heterocycles. The van der Waals surface area contributed by atoms with Crippen molar-refractivity contribution < 1.29 is 4.79 Å². The molecule has 4 heteroatoms. The van der Waals surface area contributed by atoms with Gasteiger partial charge in [0.1, 0.15) is 0 Å². The van der Waals surface area contributed by atoms with E-state index in [2.05, 4.69) is 38.2 Å². The van der Waals surface area contributed by atoms with Gasteiger partial charge in [-0.2, -0.15) is 0 Å². The van der Waals surface area contributed by atoms with Crippen LogP contribution < -0.4 is 11.1 Å². The number of benzene rings is 1. The number of carbonyl (C=O) groups excluding carboxylic acids is 1. The molecule has 0 spiro atoms. The summed E-state index contributed by atoms with van der Waals surface area (Å²) in [6, 6.07) is 7.82. The lowest BCUT2D eigenvalue weighted by atomic mass is 9.58. The van der Waals surface area contributed by atoms with Crippen LogP contribution in [0.3, 0.4) is 0 Å². The van der Waals surface area contributed by atoms with Gasteiger partial charge in [0.15, 0.2) is 0 Å². The van der Waals surface area contributed by atoms with E-state index in [0.717, 1.165) is 30.7 Å². The maximum Gasteiger partial charge on any atom is 0.237 e. The van der Waals surface area contributed by atoms with Crippen LogP contribution in [0.4, 0.5) is 0 Å². The Morgan fingerprint density at radius 1 is 1.24 bits per heavy atom. The summed E-state index contributed by atoms with van der Waals surface area (Å²) < 4.78 is 0. The minimum Gasteiger partial charge on any atom is -0.351 e. The van der Waals surface area contributed by atoms with Gasteiger partial charge < -0.3 is 11.1 Å². The molecule has 3 atom stereocenters. The summed E-state index contributed by atoms with van der Waals surface area (Å²) in [6.07, 6.45) is 5.27. The number of carbonyl (C=O) groups is 1. The molecule has 1 fully saturated rings. The molecule has 1 amide bonds. The van der Waals surface area contributed by atoms with E-state index in [1.807, 2.05) is 19.1 Å². The number of amides is 1. The molecule has 2 rings (SSSR count). The van der Waals surface area contributed by atoms with Crippen LogP contribution in [0.5, 0.6) is 0 Å². The molecule has 25 heavy (non-hydrogen) atoms. The van der Waals surface area contributed by atoms with Gasteiger partial charge in [-0.3, -0.25) is 4.79 Å². The molecule has 1 saturated carbocycles. The van der Waals surface area contributed by atoms with Crippen LogP contribution in [0.1, 0.15) is 65.4 Å². The fourth-order valence-corrected chi connectivity index (χ4v) is 3.98. The second-order valence-corrected chi connectivity index (χ2v) is 8.56. The van der Waals surface area contributed by atoms with Crippen LogP contribution in [0.25, 0.3) is 0 Å². The van der Waals surface area contributed by atoms with Gasteiger partial charge in [0.2, 0.25) is 5.91 Å². The van der Waals surface area contributed by atoms with Crippen molar-refractivity contribution in [2.24, 2.45) is 17.6 Å². The predicted molar refractivity (Wildman–Crippen MR) is 106 cm³/mol. The van der Waals surface area contributed by atoms with Gasteiger partial charge in [0.05, 0.1) is 6.04 Å². The summed E-state index contributed by atoms with van der Waals surface area (Å²) >= 11 is 6.08. The third-order valence-corrected chi connectivity index (χ3v) is 6.17. The summed E-state index contributed by atoms with van der Waals surface area (Å²) in [7, 11) is 0. The van der Waals surface area contributed by atoms with Crippen LogP contribution in [-0.2, 0) is 10.2 Å². The highest BCUT2D eigenvalue weighted by Gasteiger charge is 2.46. The number of nitrogens with two attached hydrogens (primary N) is 1. The Morgan fingerprint density at radius 3 is 2.28 bits per heavy atom.